The molecule has 0 radical (unpaired) electrons. The lowest BCUT2D eigenvalue weighted by Crippen LogP contribution is -2.11. The van der Waals surface area contributed by atoms with Gasteiger partial charge in [0.1, 0.15) is 0 Å². The number of carboxylic acids is 1. The molecule has 0 bridgehead atoms. The molecule has 0 aliphatic rings. The van der Waals surface area contributed by atoms with Crippen LogP contribution in [0.15, 0.2) is 12.1 Å². The highest BCUT2D eigenvalue weighted by Gasteiger charge is 2.21. The fourth-order valence-corrected chi connectivity index (χ4v) is 1.33. The van der Waals surface area contributed by atoms with Crippen molar-refractivity contribution in [2.45, 2.75) is 19.3 Å². The van der Waals surface area contributed by atoms with Gasteiger partial charge in [-0.25, -0.2) is 13.2 Å². The quantitative estimate of drug-likeness (QED) is 0.792. The molecule has 0 saturated carbocycles. The van der Waals surface area contributed by atoms with Gasteiger partial charge in [-0.3, -0.25) is 4.79 Å². The van der Waals surface area contributed by atoms with Crippen molar-refractivity contribution in [3.8, 4) is 0 Å². The standard InChI is InChI=1S/C10H9F3O2/c1-2-6(10(14)15)5-3-7(11)9(13)8(12)4-5/h3-4,6H,2H2,1H3,(H,14,15). The fourth-order valence-electron chi connectivity index (χ4n) is 1.33. The van der Waals surface area contributed by atoms with E-state index in [0.717, 1.165) is 0 Å². The third-order valence-corrected chi connectivity index (χ3v) is 2.11. The van der Waals surface area contributed by atoms with Crippen molar-refractivity contribution in [3.05, 3.63) is 35.1 Å². The Hall–Kier alpha value is -1.52. The Morgan fingerprint density at radius 1 is 1.33 bits per heavy atom. The van der Waals surface area contributed by atoms with Gasteiger partial charge in [-0.2, -0.15) is 0 Å². The first-order valence-corrected chi connectivity index (χ1v) is 4.34. The molecule has 0 aromatic heterocycles. The number of carbonyl (C=O) groups is 1. The first-order valence-electron chi connectivity index (χ1n) is 4.34. The molecule has 5 heteroatoms. The minimum Gasteiger partial charge on any atom is -0.481 e. The maximum Gasteiger partial charge on any atom is 0.310 e. The molecule has 1 aromatic carbocycles. The second-order valence-corrected chi connectivity index (χ2v) is 3.10. The monoisotopic (exact) mass is 218 g/mol. The van der Waals surface area contributed by atoms with E-state index in [1.807, 2.05) is 0 Å². The summed E-state index contributed by atoms with van der Waals surface area (Å²) in [6, 6.07) is 1.42. The Kier molecular flexibility index (Phi) is 3.34. The van der Waals surface area contributed by atoms with Crippen molar-refractivity contribution in [1.82, 2.24) is 0 Å². The van der Waals surface area contributed by atoms with Gasteiger partial charge in [-0.15, -0.1) is 0 Å². The van der Waals surface area contributed by atoms with Crippen molar-refractivity contribution in [2.24, 2.45) is 0 Å². The van der Waals surface area contributed by atoms with Crippen LogP contribution >= 0.6 is 0 Å². The van der Waals surface area contributed by atoms with Gasteiger partial charge < -0.3 is 5.11 Å². The van der Waals surface area contributed by atoms with Crippen LogP contribution in [0.2, 0.25) is 0 Å². The summed E-state index contributed by atoms with van der Waals surface area (Å²) >= 11 is 0. The van der Waals surface area contributed by atoms with Gasteiger partial charge >= 0.3 is 5.97 Å². The molecule has 0 spiro atoms. The smallest absolute Gasteiger partial charge is 0.310 e. The van der Waals surface area contributed by atoms with E-state index in [0.29, 0.717) is 12.1 Å². The van der Waals surface area contributed by atoms with Crippen molar-refractivity contribution in [3.63, 3.8) is 0 Å². The van der Waals surface area contributed by atoms with Crippen LogP contribution in [0.1, 0.15) is 24.8 Å². The summed E-state index contributed by atoms with van der Waals surface area (Å²) in [5.41, 5.74) is -0.0681. The Morgan fingerprint density at radius 2 is 1.80 bits per heavy atom. The average molecular weight is 218 g/mol. The summed E-state index contributed by atoms with van der Waals surface area (Å²) < 4.78 is 38.2. The summed E-state index contributed by atoms with van der Waals surface area (Å²) in [4.78, 5) is 10.7. The van der Waals surface area contributed by atoms with Crippen LogP contribution < -0.4 is 0 Å². The molecule has 82 valence electrons. The molecule has 0 heterocycles. The molecular formula is C10H9F3O2. The molecule has 0 aliphatic heterocycles. The van der Waals surface area contributed by atoms with E-state index in [-0.39, 0.29) is 12.0 Å². The van der Waals surface area contributed by atoms with Crippen LogP contribution in [0, 0.1) is 17.5 Å². The van der Waals surface area contributed by atoms with Crippen LogP contribution in [0.25, 0.3) is 0 Å². The average Bonchev–Trinajstić information content (AvgIpc) is 2.14. The van der Waals surface area contributed by atoms with Gasteiger partial charge in [0, 0.05) is 0 Å². The van der Waals surface area contributed by atoms with E-state index in [4.69, 9.17) is 5.11 Å². The summed E-state index contributed by atoms with van der Waals surface area (Å²) in [7, 11) is 0. The van der Waals surface area contributed by atoms with Crippen LogP contribution in [0.5, 0.6) is 0 Å². The minimum absolute atomic E-state index is 0.0681. The number of hydrogen-bond acceptors (Lipinski definition) is 1. The summed E-state index contributed by atoms with van der Waals surface area (Å²) in [5, 5.41) is 8.74. The normalized spacial score (nSPS) is 12.5. The molecule has 1 rings (SSSR count). The van der Waals surface area contributed by atoms with Gasteiger partial charge in [-0.1, -0.05) is 6.92 Å². The minimum atomic E-state index is -1.58. The second-order valence-electron chi connectivity index (χ2n) is 3.10. The molecule has 1 unspecified atom stereocenters. The number of halogens is 3. The van der Waals surface area contributed by atoms with Crippen LogP contribution in [0.3, 0.4) is 0 Å². The zero-order valence-electron chi connectivity index (χ0n) is 7.93. The maximum atomic E-state index is 12.8. The van der Waals surface area contributed by atoms with Crippen molar-refractivity contribution >= 4 is 5.97 Å². The van der Waals surface area contributed by atoms with E-state index in [9.17, 15) is 18.0 Å². The zero-order chi connectivity index (χ0) is 11.6. The Morgan fingerprint density at radius 3 is 2.13 bits per heavy atom. The van der Waals surface area contributed by atoms with Gasteiger partial charge in [-0.05, 0) is 24.1 Å². The maximum absolute atomic E-state index is 12.8. The largest absolute Gasteiger partial charge is 0.481 e. The van der Waals surface area contributed by atoms with E-state index in [1.54, 1.807) is 6.92 Å². The molecule has 0 aliphatic carbocycles. The first-order chi connectivity index (χ1) is 6.97. The van der Waals surface area contributed by atoms with Gasteiger partial charge in [0.2, 0.25) is 0 Å². The van der Waals surface area contributed by atoms with Crippen molar-refractivity contribution in [1.29, 1.82) is 0 Å². The number of carboxylic acid groups (broad SMARTS) is 1. The number of rotatable bonds is 3. The lowest BCUT2D eigenvalue weighted by Gasteiger charge is -2.10. The predicted molar refractivity (Wildman–Crippen MR) is 47.0 cm³/mol. The number of benzene rings is 1. The molecule has 1 atom stereocenters. The zero-order valence-corrected chi connectivity index (χ0v) is 7.93. The molecule has 1 N–H and O–H groups in total. The van der Waals surface area contributed by atoms with E-state index in [1.165, 1.54) is 0 Å². The highest BCUT2D eigenvalue weighted by Crippen LogP contribution is 2.23. The van der Waals surface area contributed by atoms with E-state index >= 15 is 0 Å². The van der Waals surface area contributed by atoms with Gasteiger partial charge in [0.15, 0.2) is 17.5 Å². The highest BCUT2D eigenvalue weighted by molar-refractivity contribution is 5.75. The number of hydrogen-bond donors (Lipinski definition) is 1. The molecule has 0 saturated heterocycles. The molecule has 0 amide bonds. The third kappa shape index (κ3) is 2.29. The summed E-state index contributed by atoms with van der Waals surface area (Å²) in [6.45, 7) is 1.57. The Bertz CT molecular complexity index is 367. The molecule has 2 nitrogen and oxygen atoms in total. The van der Waals surface area contributed by atoms with Gasteiger partial charge in [0.25, 0.3) is 0 Å². The SMILES string of the molecule is CCC(C(=O)O)c1cc(F)c(F)c(F)c1. The lowest BCUT2D eigenvalue weighted by atomic mass is 9.96. The molecule has 0 fully saturated rings. The number of aliphatic carboxylic acids is 1. The summed E-state index contributed by atoms with van der Waals surface area (Å²) in [5.74, 6) is -6.54. The molecule has 1 aromatic rings. The molecular weight excluding hydrogens is 209 g/mol. The third-order valence-electron chi connectivity index (χ3n) is 2.11. The van der Waals surface area contributed by atoms with E-state index < -0.39 is 29.3 Å². The van der Waals surface area contributed by atoms with Crippen LogP contribution in [0.4, 0.5) is 13.2 Å². The van der Waals surface area contributed by atoms with Crippen LogP contribution in [-0.4, -0.2) is 11.1 Å². The summed E-state index contributed by atoms with van der Waals surface area (Å²) in [6.07, 6.45) is 0.180. The fraction of sp³-hybridized carbons (Fsp3) is 0.300. The first kappa shape index (κ1) is 11.6. The lowest BCUT2D eigenvalue weighted by molar-refractivity contribution is -0.138. The predicted octanol–water partition coefficient (Wildman–Crippen LogP) is 2.68. The van der Waals surface area contributed by atoms with Crippen molar-refractivity contribution < 1.29 is 23.1 Å². The van der Waals surface area contributed by atoms with Gasteiger partial charge in [0.05, 0.1) is 5.92 Å². The molecule has 15 heavy (non-hydrogen) atoms. The second kappa shape index (κ2) is 4.33. The Balaban J connectivity index is 3.20. The van der Waals surface area contributed by atoms with Crippen LogP contribution in [-0.2, 0) is 4.79 Å². The topological polar surface area (TPSA) is 37.3 Å². The van der Waals surface area contributed by atoms with Crippen molar-refractivity contribution in [2.75, 3.05) is 0 Å². The van der Waals surface area contributed by atoms with E-state index in [2.05, 4.69) is 0 Å². The Labute approximate surface area is 84.3 Å². The highest BCUT2D eigenvalue weighted by atomic mass is 19.2.